The number of carboxylic acid groups (broad SMARTS) is 1. The first-order chi connectivity index (χ1) is 10.2. The quantitative estimate of drug-likeness (QED) is 0.775. The third kappa shape index (κ3) is 1.82. The second-order valence-electron chi connectivity index (χ2n) is 5.35. The molecule has 102 valence electrons. The molecule has 0 fully saturated rings. The lowest BCUT2D eigenvalue weighted by molar-refractivity contribution is 0.0690. The zero-order valence-electron chi connectivity index (χ0n) is 11.3. The predicted octanol–water partition coefficient (Wildman–Crippen LogP) is 3.70. The van der Waals surface area contributed by atoms with Gasteiger partial charge in [0.25, 0.3) is 0 Å². The van der Waals surface area contributed by atoms with Crippen LogP contribution < -0.4 is 0 Å². The summed E-state index contributed by atoms with van der Waals surface area (Å²) in [5.74, 6) is -0.998. The van der Waals surface area contributed by atoms with Crippen molar-refractivity contribution >= 4 is 16.7 Å². The smallest absolute Gasteiger partial charge is 0.354 e. The van der Waals surface area contributed by atoms with E-state index in [0.717, 1.165) is 24.0 Å². The highest BCUT2D eigenvalue weighted by atomic mass is 16.4. The van der Waals surface area contributed by atoms with E-state index in [2.05, 4.69) is 35.3 Å². The number of carboxylic acids is 1. The van der Waals surface area contributed by atoms with Gasteiger partial charge in [-0.25, -0.2) is 9.78 Å². The highest BCUT2D eigenvalue weighted by Crippen LogP contribution is 2.36. The van der Waals surface area contributed by atoms with Crippen LogP contribution in [0.25, 0.3) is 21.9 Å². The van der Waals surface area contributed by atoms with E-state index >= 15 is 0 Å². The number of pyridine rings is 1. The maximum absolute atomic E-state index is 10.9. The summed E-state index contributed by atoms with van der Waals surface area (Å²) < 4.78 is 0. The second-order valence-corrected chi connectivity index (χ2v) is 5.35. The summed E-state index contributed by atoms with van der Waals surface area (Å²) in [4.78, 5) is 14.9. The molecule has 0 radical (unpaired) electrons. The first-order valence-corrected chi connectivity index (χ1v) is 6.97. The van der Waals surface area contributed by atoms with Gasteiger partial charge in [0.2, 0.25) is 0 Å². The Bertz CT molecular complexity index is 856. The Kier molecular flexibility index (Phi) is 2.54. The second kappa shape index (κ2) is 4.42. The molecule has 3 heteroatoms. The van der Waals surface area contributed by atoms with Crippen LogP contribution in [0.15, 0.2) is 48.7 Å². The standard InChI is InChI=1S/C18H13NO2/c20-18(21)16-9-7-13(10-19-16)14-8-6-12-5-4-11-2-1-3-15(14)17(11)12/h1-3,6-10H,4-5H2,(H,20,21). The highest BCUT2D eigenvalue weighted by molar-refractivity contribution is 6.01. The highest BCUT2D eigenvalue weighted by Gasteiger charge is 2.16. The van der Waals surface area contributed by atoms with Gasteiger partial charge in [0.15, 0.2) is 0 Å². The van der Waals surface area contributed by atoms with Crippen molar-refractivity contribution in [2.75, 3.05) is 0 Å². The molecule has 0 saturated heterocycles. The fourth-order valence-electron chi connectivity index (χ4n) is 3.18. The fraction of sp³-hybridized carbons (Fsp3) is 0.111. The Morgan fingerprint density at radius 2 is 1.81 bits per heavy atom. The maximum atomic E-state index is 10.9. The van der Waals surface area contributed by atoms with Gasteiger partial charge in [-0.15, -0.1) is 0 Å². The third-order valence-corrected chi connectivity index (χ3v) is 4.17. The van der Waals surface area contributed by atoms with Crippen molar-refractivity contribution in [3.63, 3.8) is 0 Å². The van der Waals surface area contributed by atoms with Crippen LogP contribution in [0, 0.1) is 0 Å². The average Bonchev–Trinajstić information content (AvgIpc) is 2.93. The molecule has 1 heterocycles. The monoisotopic (exact) mass is 275 g/mol. The van der Waals surface area contributed by atoms with Gasteiger partial charge in [0.1, 0.15) is 5.69 Å². The number of hydrogen-bond donors (Lipinski definition) is 1. The number of hydrogen-bond acceptors (Lipinski definition) is 2. The van der Waals surface area contributed by atoms with Crippen molar-refractivity contribution in [1.29, 1.82) is 0 Å². The molecule has 4 rings (SSSR count). The molecule has 0 aliphatic heterocycles. The number of rotatable bonds is 2. The van der Waals surface area contributed by atoms with Gasteiger partial charge < -0.3 is 5.11 Å². The Balaban J connectivity index is 1.93. The van der Waals surface area contributed by atoms with Crippen molar-refractivity contribution in [1.82, 2.24) is 4.98 Å². The summed E-state index contributed by atoms with van der Waals surface area (Å²) in [7, 11) is 0. The summed E-state index contributed by atoms with van der Waals surface area (Å²) in [6, 6.07) is 14.1. The summed E-state index contributed by atoms with van der Waals surface area (Å²) in [5.41, 5.74) is 4.95. The minimum atomic E-state index is -0.998. The molecule has 0 saturated carbocycles. The minimum Gasteiger partial charge on any atom is -0.477 e. The zero-order valence-corrected chi connectivity index (χ0v) is 11.3. The normalized spacial score (nSPS) is 12.8. The third-order valence-electron chi connectivity index (χ3n) is 4.17. The van der Waals surface area contributed by atoms with Gasteiger partial charge in [-0.05, 0) is 46.4 Å². The Labute approximate surface area is 121 Å². The van der Waals surface area contributed by atoms with Crippen molar-refractivity contribution in [2.24, 2.45) is 0 Å². The van der Waals surface area contributed by atoms with Gasteiger partial charge >= 0.3 is 5.97 Å². The van der Waals surface area contributed by atoms with Crippen LogP contribution in [-0.2, 0) is 12.8 Å². The lowest BCUT2D eigenvalue weighted by atomic mass is 9.96. The van der Waals surface area contributed by atoms with Crippen LogP contribution in [0.4, 0.5) is 0 Å². The Morgan fingerprint density at radius 3 is 2.52 bits per heavy atom. The number of benzene rings is 2. The molecule has 1 aromatic heterocycles. The van der Waals surface area contributed by atoms with Gasteiger partial charge in [-0.3, -0.25) is 0 Å². The average molecular weight is 275 g/mol. The minimum absolute atomic E-state index is 0.0738. The first-order valence-electron chi connectivity index (χ1n) is 6.97. The number of nitrogens with zero attached hydrogens (tertiary/aromatic N) is 1. The molecule has 0 bridgehead atoms. The van der Waals surface area contributed by atoms with E-state index < -0.39 is 5.97 Å². The molecular weight excluding hydrogens is 262 g/mol. The molecule has 3 nitrogen and oxygen atoms in total. The van der Waals surface area contributed by atoms with Gasteiger partial charge in [0, 0.05) is 11.8 Å². The summed E-state index contributed by atoms with van der Waals surface area (Å²) in [6.45, 7) is 0. The largest absolute Gasteiger partial charge is 0.477 e. The number of aryl methyl sites for hydroxylation is 2. The SMILES string of the molecule is O=C(O)c1ccc(-c2ccc3c4c(cccc24)CC3)cn1. The van der Waals surface area contributed by atoms with E-state index in [4.69, 9.17) is 5.11 Å². The van der Waals surface area contributed by atoms with Crippen LogP contribution >= 0.6 is 0 Å². The summed E-state index contributed by atoms with van der Waals surface area (Å²) >= 11 is 0. The molecule has 0 amide bonds. The van der Waals surface area contributed by atoms with Crippen molar-refractivity contribution in [3.8, 4) is 11.1 Å². The van der Waals surface area contributed by atoms with Crippen LogP contribution in [-0.4, -0.2) is 16.1 Å². The van der Waals surface area contributed by atoms with E-state index in [1.807, 2.05) is 6.07 Å². The van der Waals surface area contributed by atoms with E-state index in [-0.39, 0.29) is 5.69 Å². The van der Waals surface area contributed by atoms with E-state index in [1.165, 1.54) is 21.9 Å². The molecule has 0 unspecified atom stereocenters. The van der Waals surface area contributed by atoms with Crippen LogP contribution in [0.3, 0.4) is 0 Å². The van der Waals surface area contributed by atoms with Gasteiger partial charge in [0.05, 0.1) is 0 Å². The van der Waals surface area contributed by atoms with Crippen molar-refractivity contribution in [2.45, 2.75) is 12.8 Å². The molecule has 3 aromatic rings. The zero-order chi connectivity index (χ0) is 14.4. The molecule has 0 atom stereocenters. The molecule has 0 spiro atoms. The van der Waals surface area contributed by atoms with Crippen LogP contribution in [0.5, 0.6) is 0 Å². The lowest BCUT2D eigenvalue weighted by Crippen LogP contribution is -1.99. The molecular formula is C18H13NO2. The molecule has 1 N–H and O–H groups in total. The topological polar surface area (TPSA) is 50.2 Å². The van der Waals surface area contributed by atoms with Crippen molar-refractivity contribution < 1.29 is 9.90 Å². The fourth-order valence-corrected chi connectivity index (χ4v) is 3.18. The van der Waals surface area contributed by atoms with Crippen LogP contribution in [0.2, 0.25) is 0 Å². The molecule has 1 aliphatic carbocycles. The summed E-state index contributed by atoms with van der Waals surface area (Å²) in [5, 5.41) is 11.5. The van der Waals surface area contributed by atoms with E-state index in [0.29, 0.717) is 0 Å². The molecule has 21 heavy (non-hydrogen) atoms. The maximum Gasteiger partial charge on any atom is 0.354 e. The van der Waals surface area contributed by atoms with E-state index in [9.17, 15) is 4.79 Å². The molecule has 1 aliphatic rings. The van der Waals surface area contributed by atoms with Crippen LogP contribution in [0.1, 0.15) is 21.6 Å². The molecule has 2 aromatic carbocycles. The first kappa shape index (κ1) is 12.1. The van der Waals surface area contributed by atoms with Crippen molar-refractivity contribution in [3.05, 3.63) is 65.5 Å². The Morgan fingerprint density at radius 1 is 1.00 bits per heavy atom. The van der Waals surface area contributed by atoms with E-state index in [1.54, 1.807) is 12.3 Å². The van der Waals surface area contributed by atoms with Gasteiger partial charge in [-0.2, -0.15) is 0 Å². The Hall–Kier alpha value is -2.68. The number of carbonyl (C=O) groups is 1. The van der Waals surface area contributed by atoms with Gasteiger partial charge in [-0.1, -0.05) is 36.4 Å². The number of aromatic carboxylic acids is 1. The lowest BCUT2D eigenvalue weighted by Gasteiger charge is -2.09. The number of aromatic nitrogens is 1. The summed E-state index contributed by atoms with van der Waals surface area (Å²) in [6.07, 6.45) is 3.85. The predicted molar refractivity (Wildman–Crippen MR) is 81.5 cm³/mol.